The van der Waals surface area contributed by atoms with E-state index >= 15 is 0 Å². The molecule has 10 aromatic carbocycles. The van der Waals surface area contributed by atoms with Crippen LogP contribution in [-0.4, -0.2) is 19.1 Å². The highest BCUT2D eigenvalue weighted by atomic mass is 15.2. The van der Waals surface area contributed by atoms with Crippen LogP contribution in [0, 0.1) is 0 Å². The lowest BCUT2D eigenvalue weighted by Gasteiger charge is -2.21. The number of para-hydroxylation sites is 2. The third-order valence-corrected chi connectivity index (χ3v) is 14.0. The highest BCUT2D eigenvalue weighted by molar-refractivity contribution is 6.37. The second kappa shape index (κ2) is 12.5. The molecule has 4 heteroatoms. The van der Waals surface area contributed by atoms with Crippen LogP contribution in [0.2, 0.25) is 0 Å². The molecule has 14 rings (SSSR count). The molecule has 0 spiro atoms. The Labute approximate surface area is 362 Å². The zero-order chi connectivity index (χ0) is 41.6. The Hall–Kier alpha value is -8.08. The van der Waals surface area contributed by atoms with Crippen molar-refractivity contribution in [1.29, 1.82) is 0 Å². The van der Waals surface area contributed by atoms with Gasteiger partial charge in [0.1, 0.15) is 0 Å². The van der Waals surface area contributed by atoms with Crippen LogP contribution >= 0.6 is 0 Å². The Balaban J connectivity index is 1.14. The number of nitrogens with zero attached hydrogens (tertiary/aromatic N) is 4. The van der Waals surface area contributed by atoms with E-state index in [0.29, 0.717) is 5.95 Å². The van der Waals surface area contributed by atoms with Gasteiger partial charge in [0, 0.05) is 49.2 Å². The highest BCUT2D eigenvalue weighted by Gasteiger charge is 2.40. The van der Waals surface area contributed by atoms with E-state index in [4.69, 9.17) is 9.97 Å². The van der Waals surface area contributed by atoms with Gasteiger partial charge in [-0.25, -0.2) is 9.97 Å². The Morgan fingerprint density at radius 1 is 0.397 bits per heavy atom. The summed E-state index contributed by atoms with van der Waals surface area (Å²) in [7, 11) is 0. The number of benzene rings is 10. The number of hydrogen-bond acceptors (Lipinski definition) is 2. The first-order valence-electron chi connectivity index (χ1n) is 21.8. The lowest BCUT2D eigenvalue weighted by atomic mass is 9.85. The topological polar surface area (TPSA) is 35.6 Å². The van der Waals surface area contributed by atoms with Gasteiger partial charge in [-0.2, -0.15) is 0 Å². The lowest BCUT2D eigenvalue weighted by molar-refractivity contribution is 0.632. The molecule has 1 aliphatic carbocycles. The van der Waals surface area contributed by atoms with Gasteiger partial charge in [0.2, 0.25) is 5.95 Å². The minimum Gasteiger partial charge on any atom is -0.309 e. The van der Waals surface area contributed by atoms with Crippen molar-refractivity contribution in [3.8, 4) is 34.0 Å². The first-order valence-corrected chi connectivity index (χ1v) is 21.8. The quantitative estimate of drug-likeness (QED) is 0.167. The van der Waals surface area contributed by atoms with Crippen LogP contribution in [0.15, 0.2) is 194 Å². The fourth-order valence-corrected chi connectivity index (χ4v) is 11.3. The maximum atomic E-state index is 5.80. The minimum absolute atomic E-state index is 0.366. The molecule has 0 amide bonds. The van der Waals surface area contributed by atoms with Crippen molar-refractivity contribution in [2.75, 3.05) is 0 Å². The van der Waals surface area contributed by atoms with E-state index in [-0.39, 0.29) is 5.41 Å². The molecular weight excluding hydrogens is 765 g/mol. The van der Waals surface area contributed by atoms with Crippen LogP contribution in [-0.2, 0) is 5.41 Å². The van der Waals surface area contributed by atoms with Gasteiger partial charge in [-0.15, -0.1) is 0 Å². The SMILES string of the molecule is CC1(C)c2ccccc2-c2c(-c3ccc4c5ccccc5n(-c5ccccc5)c4c3)nc(-n3c4ccc5ccccc5c4c4c5c6ccccc6c6ccccc6c5ccc43)nc21. The molecule has 0 atom stereocenters. The summed E-state index contributed by atoms with van der Waals surface area (Å²) in [4.78, 5) is 11.5. The first kappa shape index (κ1) is 34.6. The summed E-state index contributed by atoms with van der Waals surface area (Å²) in [5.41, 5.74) is 11.9. The molecular formula is C59H38N4. The summed E-state index contributed by atoms with van der Waals surface area (Å²) in [5, 5.41) is 14.9. The number of aromatic nitrogens is 4. The monoisotopic (exact) mass is 802 g/mol. The van der Waals surface area contributed by atoms with Crippen LogP contribution in [0.25, 0.3) is 121 Å². The molecule has 0 radical (unpaired) electrons. The van der Waals surface area contributed by atoms with Gasteiger partial charge in [0.15, 0.2) is 0 Å². The van der Waals surface area contributed by atoms with Gasteiger partial charge in [0.25, 0.3) is 0 Å². The Morgan fingerprint density at radius 2 is 0.984 bits per heavy atom. The van der Waals surface area contributed by atoms with Gasteiger partial charge in [0.05, 0.1) is 33.5 Å². The second-order valence-electron chi connectivity index (χ2n) is 17.7. The van der Waals surface area contributed by atoms with Crippen LogP contribution in [0.3, 0.4) is 0 Å². The maximum absolute atomic E-state index is 5.80. The molecule has 63 heavy (non-hydrogen) atoms. The fraction of sp³-hybridized carbons (Fsp3) is 0.0508. The Kier molecular flexibility index (Phi) is 6.87. The Morgan fingerprint density at radius 3 is 1.79 bits per heavy atom. The molecule has 3 heterocycles. The standard InChI is InChI=1S/C59H38N4/c1-59(2)47-26-14-12-25-46(47)54-56(36-28-30-43-42-23-13-15-27-48(42)62(51(43)34-36)37-17-4-3-5-18-37)60-58(61-57(54)59)63-49-32-29-35-16-6-7-19-38(35)53(49)55-50(63)33-31-45-41-22-9-8-20-39(41)40-21-10-11-24-44(40)52(45)55/h3-34H,1-2H3. The zero-order valence-corrected chi connectivity index (χ0v) is 34.8. The molecule has 0 saturated carbocycles. The van der Waals surface area contributed by atoms with E-state index in [1.165, 1.54) is 81.3 Å². The van der Waals surface area contributed by atoms with Crippen LogP contribution in [0.1, 0.15) is 25.1 Å². The van der Waals surface area contributed by atoms with Crippen LogP contribution < -0.4 is 0 Å². The van der Waals surface area contributed by atoms with Gasteiger partial charge in [-0.05, 0) is 85.2 Å². The van der Waals surface area contributed by atoms with E-state index in [2.05, 4.69) is 217 Å². The molecule has 0 N–H and O–H groups in total. The molecule has 294 valence electrons. The first-order chi connectivity index (χ1) is 31.0. The molecule has 0 bridgehead atoms. The van der Waals surface area contributed by atoms with E-state index in [1.54, 1.807) is 0 Å². The van der Waals surface area contributed by atoms with E-state index in [1.807, 2.05) is 0 Å². The number of fused-ring (bicyclic) bond motifs is 18. The summed E-state index contributed by atoms with van der Waals surface area (Å²) >= 11 is 0. The van der Waals surface area contributed by atoms with Gasteiger partial charge in [-0.1, -0.05) is 172 Å². The Bertz CT molecular complexity index is 4080. The van der Waals surface area contributed by atoms with Crippen molar-refractivity contribution >= 4 is 86.7 Å². The van der Waals surface area contributed by atoms with Gasteiger partial charge >= 0.3 is 0 Å². The lowest BCUT2D eigenvalue weighted by Crippen LogP contribution is -2.18. The predicted octanol–water partition coefficient (Wildman–Crippen LogP) is 15.3. The fourth-order valence-electron chi connectivity index (χ4n) is 11.3. The third kappa shape index (κ3) is 4.59. The van der Waals surface area contributed by atoms with E-state index in [0.717, 1.165) is 44.8 Å². The molecule has 0 unspecified atom stereocenters. The highest BCUT2D eigenvalue weighted by Crippen LogP contribution is 2.52. The zero-order valence-electron chi connectivity index (χ0n) is 34.8. The number of hydrogen-bond donors (Lipinski definition) is 0. The van der Waals surface area contributed by atoms with Crippen LogP contribution in [0.4, 0.5) is 0 Å². The summed E-state index contributed by atoms with van der Waals surface area (Å²) in [5.74, 6) is 0.674. The molecule has 3 aromatic heterocycles. The molecule has 4 nitrogen and oxygen atoms in total. The molecule has 0 fully saturated rings. The van der Waals surface area contributed by atoms with E-state index in [9.17, 15) is 0 Å². The average molecular weight is 803 g/mol. The van der Waals surface area contributed by atoms with Crippen molar-refractivity contribution in [2.45, 2.75) is 19.3 Å². The molecule has 0 saturated heterocycles. The second-order valence-corrected chi connectivity index (χ2v) is 17.7. The number of rotatable bonds is 3. The minimum atomic E-state index is -0.366. The average Bonchev–Trinajstić information content (AvgIpc) is 3.94. The summed E-state index contributed by atoms with van der Waals surface area (Å²) in [6, 6.07) is 70.9. The van der Waals surface area contributed by atoms with E-state index < -0.39 is 0 Å². The van der Waals surface area contributed by atoms with Crippen molar-refractivity contribution in [3.05, 3.63) is 205 Å². The van der Waals surface area contributed by atoms with Crippen LogP contribution in [0.5, 0.6) is 0 Å². The van der Waals surface area contributed by atoms with Gasteiger partial charge < -0.3 is 4.57 Å². The van der Waals surface area contributed by atoms with Crippen molar-refractivity contribution < 1.29 is 0 Å². The van der Waals surface area contributed by atoms with Crippen molar-refractivity contribution in [2.24, 2.45) is 0 Å². The van der Waals surface area contributed by atoms with Gasteiger partial charge in [-0.3, -0.25) is 4.57 Å². The summed E-state index contributed by atoms with van der Waals surface area (Å²) in [6.45, 7) is 4.64. The van der Waals surface area contributed by atoms with Crippen molar-refractivity contribution in [3.63, 3.8) is 0 Å². The maximum Gasteiger partial charge on any atom is 0.235 e. The summed E-state index contributed by atoms with van der Waals surface area (Å²) < 4.78 is 4.74. The smallest absolute Gasteiger partial charge is 0.235 e. The van der Waals surface area contributed by atoms with Crippen molar-refractivity contribution in [1.82, 2.24) is 19.1 Å². The normalized spacial score (nSPS) is 13.4. The molecule has 0 aliphatic heterocycles. The summed E-state index contributed by atoms with van der Waals surface area (Å²) in [6.07, 6.45) is 0. The molecule has 1 aliphatic rings. The predicted molar refractivity (Wildman–Crippen MR) is 264 cm³/mol. The third-order valence-electron chi connectivity index (χ3n) is 14.0. The molecule has 13 aromatic rings. The largest absolute Gasteiger partial charge is 0.309 e.